The van der Waals surface area contributed by atoms with Crippen LogP contribution in [0, 0.1) is 5.82 Å². The Balaban J connectivity index is 2.91. The molecule has 1 unspecified atom stereocenters. The highest BCUT2D eigenvalue weighted by Crippen LogP contribution is 2.20. The van der Waals surface area contributed by atoms with Crippen molar-refractivity contribution in [2.24, 2.45) is 0 Å². The molecule has 0 amide bonds. The molecule has 1 aromatic rings. The Bertz CT molecular complexity index is 284. The number of hydrogen-bond donors (Lipinski definition) is 3. The maximum atomic E-state index is 12.9. The Kier molecular flexibility index (Phi) is 3.85. The summed E-state index contributed by atoms with van der Waals surface area (Å²) in [6.07, 6.45) is 0. The van der Waals surface area contributed by atoms with Crippen LogP contribution >= 0.6 is 0 Å². The van der Waals surface area contributed by atoms with Crippen LogP contribution in [-0.2, 0) is 0 Å². The van der Waals surface area contributed by atoms with Gasteiger partial charge in [0.25, 0.3) is 0 Å². The van der Waals surface area contributed by atoms with Crippen molar-refractivity contribution < 1.29 is 14.6 Å². The summed E-state index contributed by atoms with van der Waals surface area (Å²) in [4.78, 5) is 0. The third kappa shape index (κ3) is 2.68. The van der Waals surface area contributed by atoms with E-state index in [9.17, 15) is 4.39 Å². The number of aliphatic hydroxyl groups is 1. The van der Waals surface area contributed by atoms with Gasteiger partial charge >= 0.3 is 0 Å². The highest BCUT2D eigenvalue weighted by Gasteiger charge is 2.10. The van der Waals surface area contributed by atoms with Crippen LogP contribution in [-0.4, -0.2) is 23.4 Å². The van der Waals surface area contributed by atoms with Crippen molar-refractivity contribution in [2.45, 2.75) is 13.0 Å². The second-order valence-electron chi connectivity index (χ2n) is 3.04. The van der Waals surface area contributed by atoms with Gasteiger partial charge in [0.2, 0.25) is 0 Å². The molecule has 0 aliphatic rings. The molecule has 1 atom stereocenters. The summed E-state index contributed by atoms with van der Waals surface area (Å²) in [5, 5.41) is 21.2. The SMILES string of the molecule is CCNC(CO)c1cc(O)cc(F)c1. The maximum absolute atomic E-state index is 12.9. The first-order valence-corrected chi connectivity index (χ1v) is 4.51. The van der Waals surface area contributed by atoms with Crippen molar-refractivity contribution in [3.8, 4) is 5.75 Å². The van der Waals surface area contributed by atoms with Crippen LogP contribution in [0.4, 0.5) is 4.39 Å². The summed E-state index contributed by atoms with van der Waals surface area (Å²) in [7, 11) is 0. The molecule has 78 valence electrons. The van der Waals surface area contributed by atoms with Gasteiger partial charge in [-0.3, -0.25) is 0 Å². The summed E-state index contributed by atoms with van der Waals surface area (Å²) in [6.45, 7) is 2.43. The lowest BCUT2D eigenvalue weighted by Gasteiger charge is -2.15. The molecule has 14 heavy (non-hydrogen) atoms. The van der Waals surface area contributed by atoms with Crippen LogP contribution in [0.5, 0.6) is 5.75 Å². The monoisotopic (exact) mass is 199 g/mol. The molecule has 0 aliphatic carbocycles. The fourth-order valence-electron chi connectivity index (χ4n) is 1.33. The lowest BCUT2D eigenvalue weighted by molar-refractivity contribution is 0.246. The van der Waals surface area contributed by atoms with E-state index in [-0.39, 0.29) is 18.4 Å². The zero-order valence-corrected chi connectivity index (χ0v) is 8.00. The quantitative estimate of drug-likeness (QED) is 0.682. The van der Waals surface area contributed by atoms with Crippen molar-refractivity contribution >= 4 is 0 Å². The molecule has 0 saturated carbocycles. The smallest absolute Gasteiger partial charge is 0.127 e. The van der Waals surface area contributed by atoms with Crippen molar-refractivity contribution in [2.75, 3.05) is 13.2 Å². The number of phenols is 1. The molecule has 0 saturated heterocycles. The summed E-state index contributed by atoms with van der Waals surface area (Å²) < 4.78 is 12.9. The van der Waals surface area contributed by atoms with E-state index in [4.69, 9.17) is 10.2 Å². The van der Waals surface area contributed by atoms with E-state index in [1.807, 2.05) is 6.92 Å². The van der Waals surface area contributed by atoms with Crippen LogP contribution in [0.25, 0.3) is 0 Å². The average molecular weight is 199 g/mol. The number of phenolic OH excluding ortho intramolecular Hbond substituents is 1. The van der Waals surface area contributed by atoms with Crippen molar-refractivity contribution in [1.82, 2.24) is 5.32 Å². The summed E-state index contributed by atoms with van der Waals surface area (Å²) in [6, 6.07) is 3.43. The number of hydrogen-bond acceptors (Lipinski definition) is 3. The Labute approximate surface area is 82.2 Å². The minimum atomic E-state index is -0.503. The van der Waals surface area contributed by atoms with Gasteiger partial charge in [0.05, 0.1) is 12.6 Å². The van der Waals surface area contributed by atoms with Crippen LogP contribution < -0.4 is 5.32 Å². The van der Waals surface area contributed by atoms with E-state index in [2.05, 4.69) is 5.32 Å². The fraction of sp³-hybridized carbons (Fsp3) is 0.400. The zero-order valence-electron chi connectivity index (χ0n) is 8.00. The van der Waals surface area contributed by atoms with E-state index in [1.165, 1.54) is 12.1 Å². The van der Waals surface area contributed by atoms with Gasteiger partial charge in [-0.2, -0.15) is 0 Å². The van der Waals surface area contributed by atoms with E-state index in [0.29, 0.717) is 12.1 Å². The topological polar surface area (TPSA) is 52.5 Å². The Morgan fingerprint density at radius 2 is 2.14 bits per heavy atom. The van der Waals surface area contributed by atoms with Crippen LogP contribution in [0.15, 0.2) is 18.2 Å². The van der Waals surface area contributed by atoms with E-state index < -0.39 is 5.82 Å². The number of aliphatic hydroxyl groups excluding tert-OH is 1. The van der Waals surface area contributed by atoms with Gasteiger partial charge in [-0.15, -0.1) is 0 Å². The highest BCUT2D eigenvalue weighted by atomic mass is 19.1. The van der Waals surface area contributed by atoms with E-state index >= 15 is 0 Å². The normalized spacial score (nSPS) is 12.8. The molecule has 4 heteroatoms. The van der Waals surface area contributed by atoms with Gasteiger partial charge < -0.3 is 15.5 Å². The molecule has 1 aromatic carbocycles. The standard InChI is InChI=1S/C10H14FNO2/c1-2-12-10(6-13)7-3-8(11)5-9(14)4-7/h3-5,10,12-14H,2,6H2,1H3. The van der Waals surface area contributed by atoms with Crippen molar-refractivity contribution in [1.29, 1.82) is 0 Å². The molecule has 0 spiro atoms. The molecule has 0 radical (unpaired) electrons. The minimum absolute atomic E-state index is 0.128. The highest BCUT2D eigenvalue weighted by molar-refractivity contribution is 5.30. The first-order chi connectivity index (χ1) is 6.67. The molecule has 0 fully saturated rings. The molecular formula is C10H14FNO2. The first-order valence-electron chi connectivity index (χ1n) is 4.51. The first kappa shape index (κ1) is 10.9. The molecule has 3 nitrogen and oxygen atoms in total. The summed E-state index contributed by atoms with van der Waals surface area (Å²) in [5.41, 5.74) is 0.548. The van der Waals surface area contributed by atoms with Crippen LogP contribution in [0.2, 0.25) is 0 Å². The molecule has 1 rings (SSSR count). The number of benzene rings is 1. The largest absolute Gasteiger partial charge is 0.508 e. The lowest BCUT2D eigenvalue weighted by atomic mass is 10.1. The average Bonchev–Trinajstić information content (AvgIpc) is 2.12. The summed E-state index contributed by atoms with van der Waals surface area (Å²) >= 11 is 0. The molecule has 0 aliphatic heterocycles. The lowest BCUT2D eigenvalue weighted by Crippen LogP contribution is -2.23. The van der Waals surface area contributed by atoms with Crippen molar-refractivity contribution in [3.63, 3.8) is 0 Å². The third-order valence-electron chi connectivity index (χ3n) is 1.94. The van der Waals surface area contributed by atoms with Gasteiger partial charge in [0, 0.05) is 6.07 Å². The predicted molar refractivity (Wildman–Crippen MR) is 51.6 cm³/mol. The summed E-state index contributed by atoms with van der Waals surface area (Å²) in [5.74, 6) is -0.632. The van der Waals surface area contributed by atoms with Gasteiger partial charge in [0.15, 0.2) is 0 Å². The Morgan fingerprint density at radius 1 is 1.43 bits per heavy atom. The van der Waals surface area contributed by atoms with E-state index in [0.717, 1.165) is 6.07 Å². The number of nitrogens with one attached hydrogen (secondary N) is 1. The number of likely N-dealkylation sites (N-methyl/N-ethyl adjacent to an activating group) is 1. The van der Waals surface area contributed by atoms with Gasteiger partial charge in [0.1, 0.15) is 11.6 Å². The Morgan fingerprint density at radius 3 is 2.64 bits per heavy atom. The Hall–Kier alpha value is -1.13. The second kappa shape index (κ2) is 4.93. The molecule has 0 bridgehead atoms. The van der Waals surface area contributed by atoms with E-state index in [1.54, 1.807) is 0 Å². The predicted octanol–water partition coefficient (Wildman–Crippen LogP) is 1.17. The second-order valence-corrected chi connectivity index (χ2v) is 3.04. The fourth-order valence-corrected chi connectivity index (χ4v) is 1.33. The molecule has 0 aromatic heterocycles. The van der Waals surface area contributed by atoms with Crippen molar-refractivity contribution in [3.05, 3.63) is 29.6 Å². The molecular weight excluding hydrogens is 185 g/mol. The van der Waals surface area contributed by atoms with Crippen LogP contribution in [0.3, 0.4) is 0 Å². The number of rotatable bonds is 4. The zero-order chi connectivity index (χ0) is 10.6. The molecule has 3 N–H and O–H groups in total. The van der Waals surface area contributed by atoms with Gasteiger partial charge in [-0.05, 0) is 24.2 Å². The molecule has 0 heterocycles. The maximum Gasteiger partial charge on any atom is 0.127 e. The third-order valence-corrected chi connectivity index (χ3v) is 1.94. The van der Waals surface area contributed by atoms with Gasteiger partial charge in [-0.1, -0.05) is 6.92 Å². The minimum Gasteiger partial charge on any atom is -0.508 e. The number of aromatic hydroxyl groups is 1. The van der Waals surface area contributed by atoms with Crippen LogP contribution in [0.1, 0.15) is 18.5 Å². The number of halogens is 1. The van der Waals surface area contributed by atoms with Gasteiger partial charge in [-0.25, -0.2) is 4.39 Å².